The first kappa shape index (κ1) is 19.9. The fraction of sp³-hybridized carbons (Fsp3) is 0.269. The highest BCUT2D eigenvalue weighted by molar-refractivity contribution is 5.83. The van der Waals surface area contributed by atoms with Gasteiger partial charge in [0.15, 0.2) is 5.76 Å². The number of furan rings is 1. The molecule has 0 amide bonds. The van der Waals surface area contributed by atoms with Crippen molar-refractivity contribution in [3.8, 4) is 17.1 Å². The maximum atomic E-state index is 13.3. The lowest BCUT2D eigenvalue weighted by molar-refractivity contribution is 0.318. The number of fused-ring (bicyclic) bond motifs is 2. The molecule has 7 heteroatoms. The van der Waals surface area contributed by atoms with Crippen LogP contribution in [0.15, 0.2) is 70.3 Å². The van der Waals surface area contributed by atoms with Crippen LogP contribution < -0.4 is 5.56 Å². The van der Waals surface area contributed by atoms with E-state index >= 15 is 0 Å². The predicted octanol–water partition coefficient (Wildman–Crippen LogP) is 4.40. The number of nitrogens with zero attached hydrogens (tertiary/aromatic N) is 5. The Balaban J connectivity index is 1.32. The molecule has 0 saturated carbocycles. The average Bonchev–Trinajstić information content (AvgIpc) is 3.58. The van der Waals surface area contributed by atoms with Crippen molar-refractivity contribution >= 4 is 21.9 Å². The molecule has 1 fully saturated rings. The van der Waals surface area contributed by atoms with Gasteiger partial charge in [0.25, 0.3) is 5.56 Å². The molecule has 1 aliphatic heterocycles. The van der Waals surface area contributed by atoms with Crippen molar-refractivity contribution < 1.29 is 4.42 Å². The molecule has 0 atom stereocenters. The van der Waals surface area contributed by atoms with Gasteiger partial charge in [-0.15, -0.1) is 0 Å². The molecule has 33 heavy (non-hydrogen) atoms. The Morgan fingerprint density at radius 1 is 1.00 bits per heavy atom. The second-order valence-corrected chi connectivity index (χ2v) is 8.76. The summed E-state index contributed by atoms with van der Waals surface area (Å²) in [7, 11) is 0. The molecule has 0 unspecified atom stereocenters. The van der Waals surface area contributed by atoms with Crippen molar-refractivity contribution in [3.63, 3.8) is 0 Å². The van der Waals surface area contributed by atoms with Crippen molar-refractivity contribution in [3.05, 3.63) is 77.0 Å². The fourth-order valence-corrected chi connectivity index (χ4v) is 4.62. The molecule has 0 radical (unpaired) electrons. The van der Waals surface area contributed by atoms with Crippen molar-refractivity contribution in [2.75, 3.05) is 19.6 Å². The van der Waals surface area contributed by atoms with E-state index in [9.17, 15) is 4.79 Å². The number of likely N-dealkylation sites (tertiary alicyclic amines) is 1. The molecule has 7 nitrogen and oxygen atoms in total. The lowest BCUT2D eigenvalue weighted by Gasteiger charge is -2.14. The smallest absolute Gasteiger partial charge is 0.266 e. The second kappa shape index (κ2) is 8.01. The monoisotopic (exact) mass is 439 g/mol. The van der Waals surface area contributed by atoms with Crippen LogP contribution in [0.2, 0.25) is 0 Å². The normalized spacial score (nSPS) is 14.6. The van der Waals surface area contributed by atoms with Crippen molar-refractivity contribution in [1.82, 2.24) is 24.2 Å². The first-order chi connectivity index (χ1) is 16.2. The number of hydrogen-bond donors (Lipinski definition) is 0. The SMILES string of the molecule is Cc1ccc(-c2cc3c(=O)n(-c4ccc5c(cnn5CCN5CCCC5)c4)ccc3o2)nc1. The largest absolute Gasteiger partial charge is 0.454 e. The highest BCUT2D eigenvalue weighted by Gasteiger charge is 2.14. The van der Waals surface area contributed by atoms with Gasteiger partial charge in [0.2, 0.25) is 0 Å². The Kier molecular flexibility index (Phi) is 4.84. The molecule has 5 heterocycles. The lowest BCUT2D eigenvalue weighted by Crippen LogP contribution is -2.24. The summed E-state index contributed by atoms with van der Waals surface area (Å²) in [5.74, 6) is 0.592. The third-order valence-corrected chi connectivity index (χ3v) is 6.48. The van der Waals surface area contributed by atoms with Gasteiger partial charge in [-0.2, -0.15) is 5.10 Å². The minimum absolute atomic E-state index is 0.115. The van der Waals surface area contributed by atoms with Gasteiger partial charge in [0.05, 0.1) is 23.6 Å². The van der Waals surface area contributed by atoms with Crippen LogP contribution in [-0.4, -0.2) is 43.9 Å². The summed E-state index contributed by atoms with van der Waals surface area (Å²) in [6.45, 7) is 6.25. The number of hydrogen-bond acceptors (Lipinski definition) is 5. The highest BCUT2D eigenvalue weighted by Crippen LogP contribution is 2.25. The van der Waals surface area contributed by atoms with Gasteiger partial charge in [-0.1, -0.05) is 6.07 Å². The zero-order chi connectivity index (χ0) is 22.4. The highest BCUT2D eigenvalue weighted by atomic mass is 16.3. The van der Waals surface area contributed by atoms with Gasteiger partial charge in [0, 0.05) is 30.0 Å². The summed E-state index contributed by atoms with van der Waals surface area (Å²) in [5, 5.41) is 6.15. The third kappa shape index (κ3) is 3.64. The van der Waals surface area contributed by atoms with Crippen LogP contribution in [0, 0.1) is 6.92 Å². The van der Waals surface area contributed by atoms with E-state index in [4.69, 9.17) is 4.42 Å². The van der Waals surface area contributed by atoms with Crippen LogP contribution in [0.4, 0.5) is 0 Å². The molecule has 4 aromatic heterocycles. The minimum atomic E-state index is -0.115. The molecule has 166 valence electrons. The standard InChI is InChI=1S/C26H25N5O2/c1-18-4-6-22(27-16-18)25-15-21-24(33-25)8-11-30(26(21)32)20-5-7-23-19(14-20)17-28-31(23)13-12-29-9-2-3-10-29/h4-8,11,14-17H,2-3,9-10,12-13H2,1H3. The van der Waals surface area contributed by atoms with Crippen LogP contribution >= 0.6 is 0 Å². The zero-order valence-corrected chi connectivity index (χ0v) is 18.6. The van der Waals surface area contributed by atoms with E-state index in [1.54, 1.807) is 23.0 Å². The molecule has 5 aromatic rings. The molecular formula is C26H25N5O2. The van der Waals surface area contributed by atoms with Crippen LogP contribution in [0.1, 0.15) is 18.4 Å². The summed E-state index contributed by atoms with van der Waals surface area (Å²) in [5.41, 5.74) is 4.13. The summed E-state index contributed by atoms with van der Waals surface area (Å²) < 4.78 is 9.63. The van der Waals surface area contributed by atoms with Crippen LogP contribution in [0.3, 0.4) is 0 Å². The summed E-state index contributed by atoms with van der Waals surface area (Å²) in [6, 6.07) is 13.5. The first-order valence-corrected chi connectivity index (χ1v) is 11.4. The maximum Gasteiger partial charge on any atom is 0.266 e. The molecule has 1 aromatic carbocycles. The van der Waals surface area contributed by atoms with E-state index in [-0.39, 0.29) is 5.56 Å². The van der Waals surface area contributed by atoms with Crippen molar-refractivity contribution in [1.29, 1.82) is 0 Å². The minimum Gasteiger partial charge on any atom is -0.454 e. The van der Waals surface area contributed by atoms with Gasteiger partial charge < -0.3 is 9.32 Å². The Bertz CT molecular complexity index is 1500. The fourth-order valence-electron chi connectivity index (χ4n) is 4.62. The van der Waals surface area contributed by atoms with E-state index in [0.29, 0.717) is 22.4 Å². The number of rotatable bonds is 5. The van der Waals surface area contributed by atoms with Gasteiger partial charge in [0.1, 0.15) is 11.3 Å². The van der Waals surface area contributed by atoms with Gasteiger partial charge >= 0.3 is 0 Å². The predicted molar refractivity (Wildman–Crippen MR) is 129 cm³/mol. The van der Waals surface area contributed by atoms with Gasteiger partial charge in [-0.25, -0.2) is 0 Å². The van der Waals surface area contributed by atoms with Crippen molar-refractivity contribution in [2.45, 2.75) is 26.3 Å². The molecule has 1 saturated heterocycles. The zero-order valence-electron chi connectivity index (χ0n) is 18.6. The Hall–Kier alpha value is -3.71. The van der Waals surface area contributed by atoms with Gasteiger partial charge in [-0.05, 0) is 74.8 Å². The average molecular weight is 440 g/mol. The molecular weight excluding hydrogens is 414 g/mol. The second-order valence-electron chi connectivity index (χ2n) is 8.76. The number of benzene rings is 1. The Labute approximate surface area is 190 Å². The molecule has 0 aliphatic carbocycles. The van der Waals surface area contributed by atoms with Crippen molar-refractivity contribution in [2.24, 2.45) is 0 Å². The lowest BCUT2D eigenvalue weighted by atomic mass is 10.2. The van der Waals surface area contributed by atoms with E-state index in [1.807, 2.05) is 43.5 Å². The quantitative estimate of drug-likeness (QED) is 0.406. The number of aryl methyl sites for hydroxylation is 1. The van der Waals surface area contributed by atoms with E-state index in [1.165, 1.54) is 25.9 Å². The topological polar surface area (TPSA) is 69.1 Å². The maximum absolute atomic E-state index is 13.3. The van der Waals surface area contributed by atoms with Gasteiger partial charge in [-0.3, -0.25) is 19.0 Å². The molecule has 0 spiro atoms. The number of aromatic nitrogens is 4. The summed E-state index contributed by atoms with van der Waals surface area (Å²) >= 11 is 0. The number of pyridine rings is 2. The van der Waals surface area contributed by atoms with E-state index < -0.39 is 0 Å². The molecule has 0 bridgehead atoms. The summed E-state index contributed by atoms with van der Waals surface area (Å²) in [6.07, 6.45) is 8.02. The van der Waals surface area contributed by atoms with Crippen LogP contribution in [-0.2, 0) is 6.54 Å². The van der Waals surface area contributed by atoms with Crippen LogP contribution in [0.25, 0.3) is 39.0 Å². The molecule has 6 rings (SSSR count). The third-order valence-electron chi connectivity index (χ3n) is 6.48. The summed E-state index contributed by atoms with van der Waals surface area (Å²) in [4.78, 5) is 20.2. The Morgan fingerprint density at radius 3 is 2.70 bits per heavy atom. The first-order valence-electron chi connectivity index (χ1n) is 11.4. The van der Waals surface area contributed by atoms with E-state index in [2.05, 4.69) is 25.7 Å². The molecule has 1 aliphatic rings. The Morgan fingerprint density at radius 2 is 1.88 bits per heavy atom. The molecule has 0 N–H and O–H groups in total. The van der Waals surface area contributed by atoms with Crippen LogP contribution in [0.5, 0.6) is 0 Å². The van der Waals surface area contributed by atoms with E-state index in [0.717, 1.165) is 35.2 Å².